The van der Waals surface area contributed by atoms with Crippen LogP contribution in [0.25, 0.3) is 0 Å². The maximum Gasteiger partial charge on any atom is 0.309 e. The Labute approximate surface area is 240 Å². The van der Waals surface area contributed by atoms with Crippen LogP contribution in [0.4, 0.5) is 10.1 Å². The lowest BCUT2D eigenvalue weighted by molar-refractivity contribution is -0.189. The number of para-hydroxylation sites is 1. The second-order valence-electron chi connectivity index (χ2n) is 9.82. The van der Waals surface area contributed by atoms with E-state index in [-0.39, 0.29) is 12.2 Å². The summed E-state index contributed by atoms with van der Waals surface area (Å²) in [7, 11) is -4.04. The van der Waals surface area contributed by atoms with Crippen LogP contribution >= 0.6 is 23.2 Å². The normalized spacial score (nSPS) is 25.1. The third kappa shape index (κ3) is 5.28. The monoisotopic (exact) mass is 606 g/mol. The number of anilines is 1. The van der Waals surface area contributed by atoms with E-state index in [0.717, 1.165) is 10.4 Å². The number of aliphatic carboxylic acids is 1. The molecule has 3 aromatic rings. The Bertz CT molecular complexity index is 1550. The number of halogens is 3. The molecular weight excluding hydrogens is 582 g/mol. The van der Waals surface area contributed by atoms with Crippen molar-refractivity contribution >= 4 is 50.8 Å². The fraction of sp³-hybridized carbons (Fsp3) is 0.286. The Morgan fingerprint density at radius 1 is 1.02 bits per heavy atom. The van der Waals surface area contributed by atoms with Crippen LogP contribution in [0.5, 0.6) is 0 Å². The van der Waals surface area contributed by atoms with E-state index in [4.69, 9.17) is 27.9 Å². The number of rotatable bonds is 6. The molecule has 2 heterocycles. The zero-order valence-corrected chi connectivity index (χ0v) is 23.5. The molecule has 5 atom stereocenters. The van der Waals surface area contributed by atoms with Crippen LogP contribution in [0.15, 0.2) is 72.8 Å². The molecule has 0 spiro atoms. The van der Waals surface area contributed by atoms with Crippen LogP contribution in [0.3, 0.4) is 0 Å². The summed E-state index contributed by atoms with van der Waals surface area (Å²) in [6.45, 7) is 1.13. The average molecular weight is 607 g/mol. The first-order valence-corrected chi connectivity index (χ1v) is 14.8. The van der Waals surface area contributed by atoms with Gasteiger partial charge in [0.2, 0.25) is 10.0 Å². The van der Waals surface area contributed by atoms with Gasteiger partial charge < -0.3 is 14.7 Å². The zero-order chi connectivity index (χ0) is 28.8. The number of carboxylic acids is 1. The molecule has 1 N–H and O–H groups in total. The molecule has 0 aliphatic carbocycles. The topological polar surface area (TPSA) is 104 Å². The summed E-state index contributed by atoms with van der Waals surface area (Å²) >= 11 is 12.4. The number of ether oxygens (including phenoxy) is 1. The van der Waals surface area contributed by atoms with Crippen molar-refractivity contribution in [2.45, 2.75) is 31.2 Å². The van der Waals surface area contributed by atoms with Gasteiger partial charge in [-0.25, -0.2) is 12.8 Å². The summed E-state index contributed by atoms with van der Waals surface area (Å²) in [5.74, 6) is -4.39. The minimum absolute atomic E-state index is 0.129. The van der Waals surface area contributed by atoms with E-state index in [2.05, 4.69) is 0 Å². The highest BCUT2D eigenvalue weighted by Crippen LogP contribution is 2.46. The van der Waals surface area contributed by atoms with Gasteiger partial charge in [-0.1, -0.05) is 59.6 Å². The number of nitrogens with zero attached hydrogens (tertiary/aromatic N) is 2. The van der Waals surface area contributed by atoms with Crippen LogP contribution in [0, 0.1) is 11.7 Å². The van der Waals surface area contributed by atoms with E-state index in [1.165, 1.54) is 30.0 Å². The first-order chi connectivity index (χ1) is 19.0. The van der Waals surface area contributed by atoms with Gasteiger partial charge in [-0.2, -0.15) is 0 Å². The molecule has 0 radical (unpaired) electrons. The van der Waals surface area contributed by atoms with Gasteiger partial charge in [0.05, 0.1) is 36.0 Å². The van der Waals surface area contributed by atoms with Gasteiger partial charge in [0.15, 0.2) is 0 Å². The van der Waals surface area contributed by atoms with Crippen LogP contribution in [0.1, 0.15) is 30.2 Å². The summed E-state index contributed by atoms with van der Waals surface area (Å²) in [6, 6.07) is 17.1. The lowest BCUT2D eigenvalue weighted by Gasteiger charge is -2.47. The molecule has 5 rings (SSSR count). The molecular formula is C28H25Cl2FN2O6S. The predicted octanol–water partition coefficient (Wildman–Crippen LogP) is 5.08. The first-order valence-electron chi connectivity index (χ1n) is 12.4. The summed E-state index contributed by atoms with van der Waals surface area (Å²) < 4.78 is 48.6. The Balaban J connectivity index is 1.66. The van der Waals surface area contributed by atoms with E-state index < -0.39 is 63.7 Å². The standard InChI is InChI=1S/C28H25Cl2FN2O6S/c1-16(28(35)36)25-27(34)33(21-14-32(40(37,38)15-21)23-8-3-2-7-22(23)31)24(17-9-11-19(29)12-10-17)26(39-25)18-5-4-6-20(30)13-18/h2-13,16,21,24-26H,14-15H2,1H3,(H,35,36)/t16-,21-,24-,25-,26-/m1/s1. The van der Waals surface area contributed by atoms with Crippen molar-refractivity contribution in [1.82, 2.24) is 4.90 Å². The maximum absolute atomic E-state index is 14.7. The van der Waals surface area contributed by atoms with E-state index in [1.807, 2.05) is 0 Å². The quantitative estimate of drug-likeness (QED) is 0.419. The lowest BCUT2D eigenvalue weighted by Crippen LogP contribution is -2.58. The number of sulfonamides is 1. The zero-order valence-electron chi connectivity index (χ0n) is 21.2. The number of carboxylic acid groups (broad SMARTS) is 1. The van der Waals surface area contributed by atoms with Crippen molar-refractivity contribution in [3.8, 4) is 0 Å². The molecule has 2 aliphatic rings. The van der Waals surface area contributed by atoms with E-state index in [1.54, 1.807) is 48.5 Å². The Morgan fingerprint density at radius 2 is 1.73 bits per heavy atom. The number of carbonyl (C=O) groups excluding carboxylic acids is 1. The maximum atomic E-state index is 14.7. The molecule has 0 bridgehead atoms. The molecule has 210 valence electrons. The molecule has 1 amide bonds. The Kier molecular flexibility index (Phi) is 7.80. The van der Waals surface area contributed by atoms with Gasteiger partial charge in [0.25, 0.3) is 5.91 Å². The third-order valence-electron chi connectivity index (χ3n) is 7.24. The van der Waals surface area contributed by atoms with Crippen molar-refractivity contribution in [2.75, 3.05) is 16.6 Å². The molecule has 0 saturated carbocycles. The Hall–Kier alpha value is -3.18. The number of hydrogen-bond acceptors (Lipinski definition) is 5. The number of amides is 1. The lowest BCUT2D eigenvalue weighted by atomic mass is 9.88. The molecule has 0 unspecified atom stereocenters. The van der Waals surface area contributed by atoms with Crippen LogP contribution in [-0.4, -0.2) is 54.7 Å². The first kappa shape index (κ1) is 28.4. The smallest absolute Gasteiger partial charge is 0.309 e. The minimum atomic E-state index is -4.04. The average Bonchev–Trinajstić information content (AvgIpc) is 3.23. The van der Waals surface area contributed by atoms with Gasteiger partial charge in [0.1, 0.15) is 18.0 Å². The minimum Gasteiger partial charge on any atom is -0.481 e. The van der Waals surface area contributed by atoms with Crippen molar-refractivity contribution < 1.29 is 32.2 Å². The molecule has 2 fully saturated rings. The summed E-state index contributed by atoms with van der Waals surface area (Å²) in [5.41, 5.74) is 1.03. The van der Waals surface area contributed by atoms with Gasteiger partial charge in [-0.15, -0.1) is 0 Å². The van der Waals surface area contributed by atoms with Crippen molar-refractivity contribution in [2.24, 2.45) is 5.92 Å². The second kappa shape index (κ2) is 11.0. The molecule has 8 nitrogen and oxygen atoms in total. The molecule has 2 aliphatic heterocycles. The van der Waals surface area contributed by atoms with Crippen molar-refractivity contribution in [1.29, 1.82) is 0 Å². The summed E-state index contributed by atoms with van der Waals surface area (Å²) in [5, 5.41) is 10.6. The highest BCUT2D eigenvalue weighted by Gasteiger charge is 2.53. The van der Waals surface area contributed by atoms with E-state index >= 15 is 0 Å². The molecule has 12 heteroatoms. The third-order valence-corrected chi connectivity index (χ3v) is 9.55. The van der Waals surface area contributed by atoms with Crippen molar-refractivity contribution in [3.05, 3.63) is 99.8 Å². The van der Waals surface area contributed by atoms with Crippen molar-refractivity contribution in [3.63, 3.8) is 0 Å². The van der Waals surface area contributed by atoms with Crippen LogP contribution in [-0.2, 0) is 24.3 Å². The number of carbonyl (C=O) groups is 2. The summed E-state index contributed by atoms with van der Waals surface area (Å²) in [4.78, 5) is 27.5. The molecule has 0 aromatic heterocycles. The molecule has 2 saturated heterocycles. The predicted molar refractivity (Wildman–Crippen MR) is 148 cm³/mol. The van der Waals surface area contributed by atoms with Gasteiger partial charge in [0, 0.05) is 10.0 Å². The summed E-state index contributed by atoms with van der Waals surface area (Å²) in [6.07, 6.45) is -2.33. The van der Waals surface area contributed by atoms with Crippen LogP contribution in [0.2, 0.25) is 10.0 Å². The largest absolute Gasteiger partial charge is 0.481 e. The van der Waals surface area contributed by atoms with Gasteiger partial charge in [-0.05, 0) is 54.4 Å². The SMILES string of the molecule is C[C@@H](C(=O)O)[C@H]1O[C@H](c2cccc(Cl)c2)[C@@H](c2ccc(Cl)cc2)N([C@@H]2CN(c3ccccc3F)S(=O)(=O)C2)C1=O. The number of hydrogen-bond donors (Lipinski definition) is 1. The van der Waals surface area contributed by atoms with Gasteiger partial charge in [-0.3, -0.25) is 13.9 Å². The fourth-order valence-electron chi connectivity index (χ4n) is 5.29. The molecule has 3 aromatic carbocycles. The van der Waals surface area contributed by atoms with E-state index in [0.29, 0.717) is 21.2 Å². The van der Waals surface area contributed by atoms with Gasteiger partial charge >= 0.3 is 5.97 Å². The highest BCUT2D eigenvalue weighted by atomic mass is 35.5. The Morgan fingerprint density at radius 3 is 2.38 bits per heavy atom. The van der Waals surface area contributed by atoms with Crippen LogP contribution < -0.4 is 4.31 Å². The number of benzene rings is 3. The molecule has 40 heavy (non-hydrogen) atoms. The highest BCUT2D eigenvalue weighted by molar-refractivity contribution is 7.93. The second-order valence-corrected chi connectivity index (χ2v) is 12.6. The number of morpholine rings is 1. The fourth-order valence-corrected chi connectivity index (χ4v) is 7.39. The van der Waals surface area contributed by atoms with E-state index in [9.17, 15) is 27.5 Å².